The molecule has 3 heterocycles. The summed E-state index contributed by atoms with van der Waals surface area (Å²) in [6, 6.07) is 13.2. The molecule has 0 aliphatic carbocycles. The lowest BCUT2D eigenvalue weighted by atomic mass is 9.93. The molecule has 4 aromatic rings. The number of piperazine rings is 1. The van der Waals surface area contributed by atoms with Crippen LogP contribution >= 0.6 is 11.6 Å². The molecule has 220 valence electrons. The first-order valence-corrected chi connectivity index (χ1v) is 14.2. The Kier molecular flexibility index (Phi) is 11.4. The number of aryl methyl sites for hydroxylation is 1. The van der Waals surface area contributed by atoms with E-state index in [2.05, 4.69) is 14.9 Å². The number of aromatic amines is 1. The van der Waals surface area contributed by atoms with Crippen molar-refractivity contribution in [1.29, 1.82) is 0 Å². The second kappa shape index (κ2) is 14.7. The molecule has 1 fully saturated rings. The van der Waals surface area contributed by atoms with E-state index >= 15 is 0 Å². The quantitative estimate of drug-likeness (QED) is 0.239. The third kappa shape index (κ3) is 7.11. The zero-order valence-electron chi connectivity index (χ0n) is 24.9. The molecule has 7 nitrogen and oxygen atoms in total. The largest absolute Gasteiger partial charge is 0.495 e. The molecule has 2 aromatic carbocycles. The number of methoxy groups -OCH3 is 2. The van der Waals surface area contributed by atoms with Gasteiger partial charge in [-0.1, -0.05) is 51.4 Å². The molecule has 0 unspecified atom stereocenters. The van der Waals surface area contributed by atoms with E-state index in [1.165, 1.54) is 0 Å². The summed E-state index contributed by atoms with van der Waals surface area (Å²) in [4.78, 5) is 22.0. The molecule has 5 rings (SSSR count). The second-order valence-electron chi connectivity index (χ2n) is 9.70. The van der Waals surface area contributed by atoms with Crippen LogP contribution < -0.4 is 14.4 Å². The highest BCUT2D eigenvalue weighted by Gasteiger charge is 2.21. The van der Waals surface area contributed by atoms with Gasteiger partial charge < -0.3 is 24.3 Å². The maximum Gasteiger partial charge on any atom is 0.209 e. The number of aromatic nitrogens is 2. The molecule has 0 radical (unpaired) electrons. The molecule has 1 saturated heterocycles. The highest BCUT2D eigenvalue weighted by Crippen LogP contribution is 2.42. The Bertz CT molecular complexity index is 1450. The van der Waals surface area contributed by atoms with Gasteiger partial charge in [0.1, 0.15) is 5.75 Å². The van der Waals surface area contributed by atoms with Gasteiger partial charge in [0, 0.05) is 49.0 Å². The number of benzene rings is 2. The average molecular weight is 583 g/mol. The van der Waals surface area contributed by atoms with E-state index in [9.17, 15) is 9.18 Å². The molecular formula is C32H40ClFN4O3. The number of anilines is 1. The first-order chi connectivity index (χ1) is 19.8. The number of amides is 1. The van der Waals surface area contributed by atoms with Crippen LogP contribution in [-0.4, -0.2) is 61.7 Å². The molecule has 41 heavy (non-hydrogen) atoms. The van der Waals surface area contributed by atoms with Gasteiger partial charge in [0.25, 0.3) is 0 Å². The van der Waals surface area contributed by atoms with Crippen molar-refractivity contribution in [2.75, 3.05) is 45.3 Å². The van der Waals surface area contributed by atoms with E-state index in [0.29, 0.717) is 21.9 Å². The molecule has 1 aliphatic rings. The number of hydrogen-bond acceptors (Lipinski definition) is 5. The van der Waals surface area contributed by atoms with E-state index < -0.39 is 0 Å². The van der Waals surface area contributed by atoms with E-state index in [4.69, 9.17) is 21.1 Å². The molecule has 1 amide bonds. The highest BCUT2D eigenvalue weighted by atomic mass is 35.5. The summed E-state index contributed by atoms with van der Waals surface area (Å²) >= 11 is 6.26. The fourth-order valence-corrected chi connectivity index (χ4v) is 5.06. The first-order valence-electron chi connectivity index (χ1n) is 13.9. The van der Waals surface area contributed by atoms with Crippen LogP contribution in [-0.2, 0) is 4.79 Å². The Hall–Kier alpha value is -3.78. The van der Waals surface area contributed by atoms with Gasteiger partial charge in [-0.3, -0.25) is 4.79 Å². The predicted octanol–water partition coefficient (Wildman–Crippen LogP) is 7.46. The highest BCUT2D eigenvalue weighted by molar-refractivity contribution is 6.32. The van der Waals surface area contributed by atoms with Crippen molar-refractivity contribution in [3.8, 4) is 22.6 Å². The minimum atomic E-state index is -0.187. The summed E-state index contributed by atoms with van der Waals surface area (Å²) in [7, 11) is 3.24. The Morgan fingerprint density at radius 1 is 1.02 bits per heavy atom. The van der Waals surface area contributed by atoms with Crippen molar-refractivity contribution in [2.45, 2.75) is 40.5 Å². The fraction of sp³-hybridized carbons (Fsp3) is 0.375. The van der Waals surface area contributed by atoms with Crippen molar-refractivity contribution in [2.24, 2.45) is 0 Å². The van der Waals surface area contributed by atoms with Gasteiger partial charge in [0.05, 0.1) is 24.8 Å². The van der Waals surface area contributed by atoms with Crippen molar-refractivity contribution in [3.05, 3.63) is 70.8 Å². The molecule has 0 saturated carbocycles. The number of carbonyl (C=O) groups excluding carboxylic acids is 1. The van der Waals surface area contributed by atoms with Crippen molar-refractivity contribution >= 4 is 34.7 Å². The third-order valence-electron chi connectivity index (χ3n) is 6.83. The number of pyridine rings is 1. The van der Waals surface area contributed by atoms with E-state index in [0.717, 1.165) is 66.4 Å². The smallest absolute Gasteiger partial charge is 0.209 e. The Balaban J connectivity index is 0.000000225. The lowest BCUT2D eigenvalue weighted by Crippen LogP contribution is -2.46. The van der Waals surface area contributed by atoms with E-state index in [1.54, 1.807) is 31.4 Å². The van der Waals surface area contributed by atoms with Crippen LogP contribution in [0.25, 0.3) is 22.0 Å². The maximum absolute atomic E-state index is 14.8. The van der Waals surface area contributed by atoms with Crippen molar-refractivity contribution < 1.29 is 18.7 Å². The summed E-state index contributed by atoms with van der Waals surface area (Å²) in [6.07, 6.45) is 2.65. The molecule has 2 aromatic heterocycles. The van der Waals surface area contributed by atoms with Gasteiger partial charge >= 0.3 is 0 Å². The number of rotatable bonds is 6. The minimum absolute atomic E-state index is 0.0759. The lowest BCUT2D eigenvalue weighted by Gasteiger charge is -2.33. The minimum Gasteiger partial charge on any atom is -0.495 e. The fourth-order valence-electron chi connectivity index (χ4n) is 4.81. The van der Waals surface area contributed by atoms with Crippen LogP contribution in [0.2, 0.25) is 5.02 Å². The second-order valence-corrected chi connectivity index (χ2v) is 10.1. The molecule has 1 aliphatic heterocycles. The predicted molar refractivity (Wildman–Crippen MR) is 166 cm³/mol. The maximum atomic E-state index is 14.8. The average Bonchev–Trinajstić information content (AvgIpc) is 3.40. The summed E-state index contributed by atoms with van der Waals surface area (Å²) in [6.45, 7) is 13.0. The van der Waals surface area contributed by atoms with Gasteiger partial charge in [-0.15, -0.1) is 0 Å². The molecule has 0 bridgehead atoms. The van der Waals surface area contributed by atoms with Crippen molar-refractivity contribution in [3.63, 3.8) is 0 Å². The number of ether oxygens (including phenoxy) is 2. The van der Waals surface area contributed by atoms with Crippen LogP contribution in [0.4, 0.5) is 10.2 Å². The number of nitrogens with one attached hydrogen (secondary N) is 1. The van der Waals surface area contributed by atoms with E-state index in [-0.39, 0.29) is 11.7 Å². The Morgan fingerprint density at radius 2 is 1.73 bits per heavy atom. The Labute approximate surface area is 247 Å². The van der Waals surface area contributed by atoms with Crippen molar-refractivity contribution in [1.82, 2.24) is 14.9 Å². The van der Waals surface area contributed by atoms with Crippen LogP contribution in [0.15, 0.2) is 48.7 Å². The summed E-state index contributed by atoms with van der Waals surface area (Å²) in [5.74, 6) is 2.13. The molecule has 0 spiro atoms. The zero-order valence-corrected chi connectivity index (χ0v) is 25.7. The molecular weight excluding hydrogens is 543 g/mol. The number of fused-ring (bicyclic) bond motifs is 1. The normalized spacial score (nSPS) is 12.8. The van der Waals surface area contributed by atoms with Gasteiger partial charge in [-0.2, -0.15) is 0 Å². The number of para-hydroxylation sites is 1. The standard InChI is InChI=1S/C19H19ClFNO.C11H15N3O2.C2H6/c1-10(2)13-9-14(12-6-5-7-16(20)19(12)23-4)15-8-11(3)22-18(15)17(13)21;1-16-10-3-2-4-12-11(10)14-7-5-13(9-15)6-8-14;1-2/h5-10,22H,1-4H3;2-4,9H,5-8H2,1H3;1-2H3. The number of hydrogen-bond donors (Lipinski definition) is 1. The van der Waals surface area contributed by atoms with Crippen LogP contribution in [0.3, 0.4) is 0 Å². The van der Waals surface area contributed by atoms with Gasteiger partial charge in [0.2, 0.25) is 6.41 Å². The van der Waals surface area contributed by atoms with E-state index in [1.807, 2.05) is 71.0 Å². The number of H-pyrrole nitrogens is 1. The Morgan fingerprint density at radius 3 is 2.34 bits per heavy atom. The zero-order chi connectivity index (χ0) is 30.1. The number of nitrogens with zero attached hydrogens (tertiary/aromatic N) is 3. The summed E-state index contributed by atoms with van der Waals surface area (Å²) in [5.41, 5.74) is 3.92. The summed E-state index contributed by atoms with van der Waals surface area (Å²) in [5, 5.41) is 1.38. The lowest BCUT2D eigenvalue weighted by molar-refractivity contribution is -0.118. The molecule has 9 heteroatoms. The van der Waals surface area contributed by atoms with Gasteiger partial charge in [0.15, 0.2) is 17.4 Å². The first kappa shape index (κ1) is 31.7. The monoisotopic (exact) mass is 582 g/mol. The summed E-state index contributed by atoms with van der Waals surface area (Å²) < 4.78 is 25.5. The van der Waals surface area contributed by atoms with Crippen LogP contribution in [0.5, 0.6) is 11.5 Å². The van der Waals surface area contributed by atoms with Gasteiger partial charge in [-0.25, -0.2) is 9.37 Å². The number of carbonyl (C=O) groups is 1. The van der Waals surface area contributed by atoms with Crippen LogP contribution in [0, 0.1) is 12.7 Å². The SMILES string of the molecule is CC.COc1c(Cl)cccc1-c1cc(C(C)C)c(F)c2[nH]c(C)cc12.COc1cccnc1N1CCN(C=O)CC1. The molecule has 1 N–H and O–H groups in total. The molecule has 0 atom stereocenters. The topological polar surface area (TPSA) is 70.7 Å². The third-order valence-corrected chi connectivity index (χ3v) is 7.13. The van der Waals surface area contributed by atoms with Gasteiger partial charge in [-0.05, 0) is 54.3 Å². The van der Waals surface area contributed by atoms with Crippen LogP contribution in [0.1, 0.15) is 44.9 Å². The number of halogens is 2.